The molecule has 0 saturated carbocycles. The number of ketones is 1. The van der Waals surface area contributed by atoms with Crippen LogP contribution >= 0.6 is 27.3 Å². The van der Waals surface area contributed by atoms with Crippen LogP contribution in [0.3, 0.4) is 0 Å². The van der Waals surface area contributed by atoms with Gasteiger partial charge in [-0.2, -0.15) is 0 Å². The Bertz CT molecular complexity index is 579. The van der Waals surface area contributed by atoms with Gasteiger partial charge in [-0.3, -0.25) is 4.79 Å². The first kappa shape index (κ1) is 16.4. The highest BCUT2D eigenvalue weighted by molar-refractivity contribution is 9.11. The van der Waals surface area contributed by atoms with Gasteiger partial charge in [0.2, 0.25) is 0 Å². The van der Waals surface area contributed by atoms with E-state index in [-0.39, 0.29) is 11.8 Å². The van der Waals surface area contributed by atoms with Crippen LogP contribution < -0.4 is 5.32 Å². The van der Waals surface area contributed by atoms with Crippen molar-refractivity contribution in [1.29, 1.82) is 0 Å². The molecule has 0 amide bonds. The van der Waals surface area contributed by atoms with Gasteiger partial charge in [0.05, 0.1) is 8.66 Å². The predicted octanol–water partition coefficient (Wildman–Crippen LogP) is 5.07. The average molecular weight is 366 g/mol. The van der Waals surface area contributed by atoms with Gasteiger partial charge in [-0.25, -0.2) is 0 Å². The lowest BCUT2D eigenvalue weighted by Crippen LogP contribution is -2.27. The number of benzene rings is 1. The fraction of sp³-hybridized carbons (Fsp3) is 0.353. The summed E-state index contributed by atoms with van der Waals surface area (Å²) in [6.07, 6.45) is 0.531. The number of rotatable bonds is 7. The Hall–Kier alpha value is -0.970. The van der Waals surface area contributed by atoms with Gasteiger partial charge in [-0.05, 0) is 39.5 Å². The van der Waals surface area contributed by atoms with Gasteiger partial charge in [-0.1, -0.05) is 44.2 Å². The summed E-state index contributed by atoms with van der Waals surface area (Å²) in [7, 11) is 0. The number of carbonyl (C=O) groups excluding carboxylic acids is 1. The Morgan fingerprint density at radius 1 is 1.19 bits per heavy atom. The minimum atomic E-state index is 0.203. The number of carbonyl (C=O) groups is 1. The van der Waals surface area contributed by atoms with E-state index in [2.05, 4.69) is 59.4 Å². The lowest BCUT2D eigenvalue weighted by atomic mass is 9.96. The topological polar surface area (TPSA) is 29.1 Å². The second-order valence-electron chi connectivity index (χ2n) is 5.36. The molecule has 1 heterocycles. The van der Waals surface area contributed by atoms with E-state index in [9.17, 15) is 4.79 Å². The van der Waals surface area contributed by atoms with Gasteiger partial charge in [-0.15, -0.1) is 11.3 Å². The summed E-state index contributed by atoms with van der Waals surface area (Å²) in [6, 6.07) is 14.5. The highest BCUT2D eigenvalue weighted by Gasteiger charge is 2.15. The molecular weight excluding hydrogens is 346 g/mol. The SMILES string of the molecule is CC(C)C(NCCC(=O)c1ccc(Br)s1)c1ccccc1. The number of halogens is 1. The molecule has 2 aromatic rings. The maximum atomic E-state index is 12.1. The van der Waals surface area contributed by atoms with Crippen LogP contribution in [0.1, 0.15) is 41.5 Å². The predicted molar refractivity (Wildman–Crippen MR) is 93.0 cm³/mol. The average Bonchev–Trinajstić information content (AvgIpc) is 2.90. The van der Waals surface area contributed by atoms with Gasteiger partial charge < -0.3 is 5.32 Å². The third kappa shape index (κ3) is 4.77. The largest absolute Gasteiger partial charge is 0.309 e. The third-order valence-corrected chi connectivity index (χ3v) is 5.05. The Morgan fingerprint density at radius 2 is 1.90 bits per heavy atom. The first-order valence-corrected chi connectivity index (χ1v) is 8.75. The van der Waals surface area contributed by atoms with Crippen LogP contribution in [0, 0.1) is 5.92 Å². The van der Waals surface area contributed by atoms with Crippen molar-refractivity contribution in [3.8, 4) is 0 Å². The Kier molecular flexibility index (Phi) is 6.15. The van der Waals surface area contributed by atoms with E-state index in [1.54, 1.807) is 0 Å². The summed E-state index contributed by atoms with van der Waals surface area (Å²) in [6.45, 7) is 5.10. The van der Waals surface area contributed by atoms with Gasteiger partial charge in [0.1, 0.15) is 0 Å². The van der Waals surface area contributed by atoms with Crippen LogP contribution in [0.4, 0.5) is 0 Å². The lowest BCUT2D eigenvalue weighted by Gasteiger charge is -2.22. The fourth-order valence-corrected chi connectivity index (χ4v) is 3.68. The van der Waals surface area contributed by atoms with Crippen LogP contribution in [-0.2, 0) is 0 Å². The highest BCUT2D eigenvalue weighted by Crippen LogP contribution is 2.24. The molecule has 0 aliphatic heterocycles. The molecule has 0 spiro atoms. The molecule has 4 heteroatoms. The van der Waals surface area contributed by atoms with Crippen molar-refractivity contribution in [2.75, 3.05) is 6.54 Å². The van der Waals surface area contributed by atoms with Gasteiger partial charge in [0, 0.05) is 19.0 Å². The van der Waals surface area contributed by atoms with E-state index in [1.807, 2.05) is 18.2 Å². The van der Waals surface area contributed by atoms with Gasteiger partial charge in [0.15, 0.2) is 5.78 Å². The first-order chi connectivity index (χ1) is 10.1. The van der Waals surface area contributed by atoms with Crippen molar-refractivity contribution < 1.29 is 4.79 Å². The number of hydrogen-bond donors (Lipinski definition) is 1. The summed E-state index contributed by atoms with van der Waals surface area (Å²) < 4.78 is 1.00. The van der Waals surface area contributed by atoms with Crippen LogP contribution in [0.5, 0.6) is 0 Å². The molecule has 1 N–H and O–H groups in total. The van der Waals surface area contributed by atoms with Crippen molar-refractivity contribution in [3.05, 3.63) is 56.7 Å². The minimum Gasteiger partial charge on any atom is -0.309 e. The summed E-state index contributed by atoms with van der Waals surface area (Å²) in [4.78, 5) is 12.9. The maximum absolute atomic E-state index is 12.1. The molecule has 0 saturated heterocycles. The fourth-order valence-electron chi connectivity index (χ4n) is 2.33. The van der Waals surface area contributed by atoms with Gasteiger partial charge >= 0.3 is 0 Å². The molecule has 0 radical (unpaired) electrons. The van der Waals surface area contributed by atoms with Gasteiger partial charge in [0.25, 0.3) is 0 Å². The van der Waals surface area contributed by atoms with Crippen LogP contribution in [-0.4, -0.2) is 12.3 Å². The summed E-state index contributed by atoms with van der Waals surface area (Å²) in [5, 5.41) is 3.52. The number of hydrogen-bond acceptors (Lipinski definition) is 3. The molecule has 2 nitrogen and oxygen atoms in total. The van der Waals surface area contributed by atoms with Crippen LogP contribution in [0.2, 0.25) is 0 Å². The standard InChI is InChI=1S/C17H20BrNOS/c1-12(2)17(13-6-4-3-5-7-13)19-11-10-14(20)15-8-9-16(18)21-15/h3-9,12,17,19H,10-11H2,1-2H3. The Balaban J connectivity index is 1.90. The zero-order valence-electron chi connectivity index (χ0n) is 12.3. The zero-order valence-corrected chi connectivity index (χ0v) is 14.7. The summed E-state index contributed by atoms with van der Waals surface area (Å²) in [5.74, 6) is 0.687. The van der Waals surface area contributed by atoms with E-state index in [0.717, 1.165) is 8.66 Å². The molecule has 0 fully saturated rings. The molecule has 112 valence electrons. The molecule has 2 rings (SSSR count). The van der Waals surface area contributed by atoms with Crippen molar-refractivity contribution in [3.63, 3.8) is 0 Å². The normalized spacial score (nSPS) is 12.6. The molecule has 1 atom stereocenters. The number of thiophene rings is 1. The monoisotopic (exact) mass is 365 g/mol. The number of nitrogens with one attached hydrogen (secondary N) is 1. The molecule has 0 aliphatic rings. The highest BCUT2D eigenvalue weighted by atomic mass is 79.9. The Labute approximate surface area is 138 Å². The van der Waals surface area contributed by atoms with E-state index in [4.69, 9.17) is 0 Å². The molecule has 0 aliphatic carbocycles. The van der Waals surface area contributed by atoms with Crippen molar-refractivity contribution in [2.24, 2.45) is 5.92 Å². The van der Waals surface area contributed by atoms with Crippen molar-refractivity contribution in [2.45, 2.75) is 26.3 Å². The van der Waals surface area contributed by atoms with E-state index in [1.165, 1.54) is 16.9 Å². The molecule has 1 aromatic heterocycles. The quantitative estimate of drug-likeness (QED) is 0.693. The smallest absolute Gasteiger partial charge is 0.174 e. The minimum absolute atomic E-state index is 0.203. The van der Waals surface area contributed by atoms with E-state index in [0.29, 0.717) is 18.9 Å². The Morgan fingerprint density at radius 3 is 2.48 bits per heavy atom. The van der Waals surface area contributed by atoms with Crippen molar-refractivity contribution in [1.82, 2.24) is 5.32 Å². The second kappa shape index (κ2) is 7.87. The third-order valence-electron chi connectivity index (χ3n) is 3.39. The molecule has 21 heavy (non-hydrogen) atoms. The second-order valence-corrected chi connectivity index (χ2v) is 7.83. The van der Waals surface area contributed by atoms with Crippen molar-refractivity contribution >= 4 is 33.0 Å². The zero-order chi connectivity index (χ0) is 15.2. The van der Waals surface area contributed by atoms with E-state index >= 15 is 0 Å². The first-order valence-electron chi connectivity index (χ1n) is 7.15. The maximum Gasteiger partial charge on any atom is 0.174 e. The number of Topliss-reactive ketones (excluding diaryl/α,β-unsaturated/α-hetero) is 1. The summed E-state index contributed by atoms with van der Waals surface area (Å²) >= 11 is 4.89. The van der Waals surface area contributed by atoms with E-state index < -0.39 is 0 Å². The van der Waals surface area contributed by atoms with Crippen LogP contribution in [0.25, 0.3) is 0 Å². The molecule has 0 bridgehead atoms. The molecular formula is C17H20BrNOS. The lowest BCUT2D eigenvalue weighted by molar-refractivity contribution is 0.0984. The molecule has 1 aromatic carbocycles. The van der Waals surface area contributed by atoms with Crippen LogP contribution in [0.15, 0.2) is 46.3 Å². The molecule has 1 unspecified atom stereocenters. The summed E-state index contributed by atoms with van der Waals surface area (Å²) in [5.41, 5.74) is 1.28.